The van der Waals surface area contributed by atoms with Crippen molar-refractivity contribution in [3.63, 3.8) is 0 Å². The van der Waals surface area contributed by atoms with Crippen LogP contribution in [0.2, 0.25) is 0 Å². The van der Waals surface area contributed by atoms with E-state index in [2.05, 4.69) is 25.8 Å². The van der Waals surface area contributed by atoms with E-state index in [1.165, 1.54) is 32.1 Å². The summed E-state index contributed by atoms with van der Waals surface area (Å²) in [5, 5.41) is 0. The largest absolute Gasteiger partial charge is 0.300 e. The van der Waals surface area contributed by atoms with Gasteiger partial charge in [0.2, 0.25) is 0 Å². The monoisotopic (exact) mass is 181 g/mol. The van der Waals surface area contributed by atoms with Gasteiger partial charge in [-0.05, 0) is 38.1 Å². The van der Waals surface area contributed by atoms with E-state index in [0.29, 0.717) is 0 Å². The molecule has 2 rings (SSSR count). The predicted molar refractivity (Wildman–Crippen MR) is 56.8 cm³/mol. The van der Waals surface area contributed by atoms with Gasteiger partial charge in [0.25, 0.3) is 0 Å². The highest BCUT2D eigenvalue weighted by Gasteiger charge is 2.40. The minimum Gasteiger partial charge on any atom is -0.300 e. The second kappa shape index (κ2) is 3.61. The maximum atomic E-state index is 2.68. The SMILES string of the molecule is CC(C)[C@@H]1CC2CCCCC2N1C. The lowest BCUT2D eigenvalue weighted by Crippen LogP contribution is -2.37. The first kappa shape index (κ1) is 9.51. The van der Waals surface area contributed by atoms with Crippen molar-refractivity contribution in [1.82, 2.24) is 4.90 Å². The van der Waals surface area contributed by atoms with Crippen LogP contribution < -0.4 is 0 Å². The predicted octanol–water partition coefficient (Wildman–Crippen LogP) is 2.91. The summed E-state index contributed by atoms with van der Waals surface area (Å²) in [5.74, 6) is 1.88. The normalized spacial score (nSPS) is 41.1. The van der Waals surface area contributed by atoms with Crippen LogP contribution in [0.3, 0.4) is 0 Å². The number of likely N-dealkylation sites (tertiary alicyclic amines) is 1. The van der Waals surface area contributed by atoms with Crippen LogP contribution in [0, 0.1) is 11.8 Å². The fraction of sp³-hybridized carbons (Fsp3) is 1.00. The van der Waals surface area contributed by atoms with Gasteiger partial charge in [-0.2, -0.15) is 0 Å². The van der Waals surface area contributed by atoms with Gasteiger partial charge in [-0.15, -0.1) is 0 Å². The number of rotatable bonds is 1. The molecule has 3 atom stereocenters. The van der Waals surface area contributed by atoms with Gasteiger partial charge in [0.1, 0.15) is 0 Å². The van der Waals surface area contributed by atoms with E-state index in [1.807, 2.05) is 0 Å². The van der Waals surface area contributed by atoms with Crippen LogP contribution in [0.15, 0.2) is 0 Å². The molecule has 13 heavy (non-hydrogen) atoms. The van der Waals surface area contributed by atoms with Crippen molar-refractivity contribution in [2.45, 2.75) is 58.0 Å². The van der Waals surface area contributed by atoms with E-state index in [1.54, 1.807) is 0 Å². The van der Waals surface area contributed by atoms with E-state index >= 15 is 0 Å². The molecule has 1 aliphatic heterocycles. The zero-order valence-corrected chi connectivity index (χ0v) is 9.29. The molecule has 0 aromatic rings. The van der Waals surface area contributed by atoms with Gasteiger partial charge in [-0.25, -0.2) is 0 Å². The molecule has 0 N–H and O–H groups in total. The van der Waals surface area contributed by atoms with Crippen molar-refractivity contribution in [3.8, 4) is 0 Å². The summed E-state index contributed by atoms with van der Waals surface area (Å²) in [6.07, 6.45) is 7.39. The smallest absolute Gasteiger partial charge is 0.0124 e. The molecule has 0 spiro atoms. The lowest BCUT2D eigenvalue weighted by Gasteiger charge is -2.31. The van der Waals surface area contributed by atoms with E-state index in [9.17, 15) is 0 Å². The Labute approximate surface area is 82.5 Å². The van der Waals surface area contributed by atoms with Crippen LogP contribution >= 0.6 is 0 Å². The van der Waals surface area contributed by atoms with Crippen molar-refractivity contribution in [2.75, 3.05) is 7.05 Å². The van der Waals surface area contributed by atoms with Gasteiger partial charge in [-0.1, -0.05) is 26.7 Å². The molecule has 1 heteroatoms. The van der Waals surface area contributed by atoms with Crippen molar-refractivity contribution < 1.29 is 0 Å². The summed E-state index contributed by atoms with van der Waals surface area (Å²) in [5.41, 5.74) is 0. The maximum absolute atomic E-state index is 2.68. The highest BCUT2D eigenvalue weighted by atomic mass is 15.2. The highest BCUT2D eigenvalue weighted by Crippen LogP contribution is 2.40. The topological polar surface area (TPSA) is 3.24 Å². The Morgan fingerprint density at radius 2 is 1.85 bits per heavy atom. The maximum Gasteiger partial charge on any atom is 0.0124 e. The fourth-order valence-electron chi connectivity index (χ4n) is 3.46. The molecule has 0 aromatic heterocycles. The van der Waals surface area contributed by atoms with Crippen LogP contribution in [0.1, 0.15) is 46.0 Å². The molecule has 0 radical (unpaired) electrons. The summed E-state index contributed by atoms with van der Waals surface area (Å²) >= 11 is 0. The second-order valence-electron chi connectivity index (χ2n) is 5.32. The molecule has 1 heterocycles. The van der Waals surface area contributed by atoms with Crippen LogP contribution in [0.4, 0.5) is 0 Å². The van der Waals surface area contributed by atoms with Gasteiger partial charge < -0.3 is 0 Å². The molecule has 1 aliphatic carbocycles. The Hall–Kier alpha value is -0.0400. The third-order valence-corrected chi connectivity index (χ3v) is 4.23. The summed E-state index contributed by atoms with van der Waals surface area (Å²) in [6, 6.07) is 1.80. The molecular formula is C12H23N. The molecule has 1 saturated heterocycles. The molecule has 1 saturated carbocycles. The minimum absolute atomic E-state index is 0.843. The Bertz CT molecular complexity index is 174. The summed E-state index contributed by atoms with van der Waals surface area (Å²) in [4.78, 5) is 2.68. The molecule has 76 valence electrons. The Morgan fingerprint density at radius 3 is 2.46 bits per heavy atom. The van der Waals surface area contributed by atoms with Gasteiger partial charge in [0.15, 0.2) is 0 Å². The van der Waals surface area contributed by atoms with E-state index in [-0.39, 0.29) is 0 Å². The van der Waals surface area contributed by atoms with Gasteiger partial charge in [0, 0.05) is 12.1 Å². The number of hydrogen-bond donors (Lipinski definition) is 0. The Kier molecular flexibility index (Phi) is 2.64. The average molecular weight is 181 g/mol. The molecule has 2 fully saturated rings. The van der Waals surface area contributed by atoms with Crippen molar-refractivity contribution in [3.05, 3.63) is 0 Å². The zero-order valence-electron chi connectivity index (χ0n) is 9.29. The lowest BCUT2D eigenvalue weighted by molar-refractivity contribution is 0.165. The van der Waals surface area contributed by atoms with Crippen molar-refractivity contribution in [1.29, 1.82) is 0 Å². The van der Waals surface area contributed by atoms with E-state index in [0.717, 1.165) is 23.9 Å². The lowest BCUT2D eigenvalue weighted by atomic mass is 9.84. The Balaban J connectivity index is 2.05. The van der Waals surface area contributed by atoms with Crippen molar-refractivity contribution >= 4 is 0 Å². The number of hydrogen-bond acceptors (Lipinski definition) is 1. The fourth-order valence-corrected chi connectivity index (χ4v) is 3.46. The second-order valence-corrected chi connectivity index (χ2v) is 5.32. The molecule has 2 aliphatic rings. The van der Waals surface area contributed by atoms with Crippen LogP contribution in [-0.4, -0.2) is 24.0 Å². The first-order chi connectivity index (χ1) is 6.20. The zero-order chi connectivity index (χ0) is 9.42. The van der Waals surface area contributed by atoms with Gasteiger partial charge in [-0.3, -0.25) is 4.90 Å². The average Bonchev–Trinajstić information content (AvgIpc) is 2.45. The molecule has 0 amide bonds. The number of fused-ring (bicyclic) bond motifs is 1. The highest BCUT2D eigenvalue weighted by molar-refractivity contribution is 4.94. The standard InChI is InChI=1S/C12H23N/c1-9(2)12-8-10-6-4-5-7-11(10)13(12)3/h9-12H,4-8H2,1-3H3/t10?,11?,12-/m0/s1. The molecule has 2 unspecified atom stereocenters. The third-order valence-electron chi connectivity index (χ3n) is 4.23. The van der Waals surface area contributed by atoms with E-state index < -0.39 is 0 Å². The Morgan fingerprint density at radius 1 is 1.15 bits per heavy atom. The number of nitrogens with zero attached hydrogens (tertiary/aromatic N) is 1. The van der Waals surface area contributed by atoms with E-state index in [4.69, 9.17) is 0 Å². The summed E-state index contributed by atoms with van der Waals surface area (Å²) in [7, 11) is 2.35. The third kappa shape index (κ3) is 1.63. The van der Waals surface area contributed by atoms with Crippen LogP contribution in [0.5, 0.6) is 0 Å². The first-order valence-electron chi connectivity index (χ1n) is 5.92. The van der Waals surface area contributed by atoms with Crippen LogP contribution in [0.25, 0.3) is 0 Å². The summed E-state index contributed by atoms with van der Waals surface area (Å²) < 4.78 is 0. The minimum atomic E-state index is 0.843. The molecule has 0 aromatic carbocycles. The van der Waals surface area contributed by atoms with Crippen LogP contribution in [-0.2, 0) is 0 Å². The molecule has 0 bridgehead atoms. The first-order valence-corrected chi connectivity index (χ1v) is 5.92. The van der Waals surface area contributed by atoms with Gasteiger partial charge in [0.05, 0.1) is 0 Å². The van der Waals surface area contributed by atoms with Crippen molar-refractivity contribution in [2.24, 2.45) is 11.8 Å². The quantitative estimate of drug-likeness (QED) is 0.601. The summed E-state index contributed by atoms with van der Waals surface area (Å²) in [6.45, 7) is 4.75. The molecule has 1 nitrogen and oxygen atoms in total. The van der Waals surface area contributed by atoms with Gasteiger partial charge >= 0.3 is 0 Å². The molecular weight excluding hydrogens is 158 g/mol.